The third kappa shape index (κ3) is 12.6. The molecule has 6 aromatic rings. The van der Waals surface area contributed by atoms with Crippen LogP contribution in [0.15, 0.2) is 67.1 Å². The Morgan fingerprint density at radius 1 is 0.692 bits per heavy atom. The van der Waals surface area contributed by atoms with Crippen molar-refractivity contribution in [1.29, 1.82) is 0 Å². The standard InChI is InChI=1S/C46H58F3N9O7/c1-29(2)23-52-43(59)62-38-16-15-33(26-56(7)22-19-31-25-51-35-12-10-14-37(40(31)35)64-45(61)57(8)28-46(47,48)49)42-41(38)32(18-21-55(5)6)27-58(42)65-53-44(60)63-36-13-9-11-34-39(36)30(24-50-34)17-20-54(3)4/h9-16,24-25,27,29,50-51H,17-23,26,28H2,1-8H3,(H,52,59)(H,53,60). The van der Waals surface area contributed by atoms with Crippen molar-refractivity contribution in [2.75, 3.05) is 75.0 Å². The summed E-state index contributed by atoms with van der Waals surface area (Å²) in [5.74, 6) is 0.997. The number of hydrogen-bond acceptors (Lipinski definition) is 10. The third-order valence-electron chi connectivity index (χ3n) is 10.6. The Bertz CT molecular complexity index is 2600. The van der Waals surface area contributed by atoms with E-state index in [2.05, 4.69) is 30.6 Å². The van der Waals surface area contributed by atoms with Gasteiger partial charge in [-0.05, 0) is 113 Å². The molecule has 0 bridgehead atoms. The Morgan fingerprint density at radius 2 is 1.25 bits per heavy atom. The Morgan fingerprint density at radius 3 is 1.83 bits per heavy atom. The molecule has 0 saturated heterocycles. The number of aromatic nitrogens is 3. The lowest BCUT2D eigenvalue weighted by atomic mass is 10.0. The molecule has 65 heavy (non-hydrogen) atoms. The smallest absolute Gasteiger partial charge is 0.410 e. The fourth-order valence-electron chi connectivity index (χ4n) is 7.43. The number of nitrogens with one attached hydrogen (secondary N) is 4. The number of hydroxylamine groups is 1. The molecule has 0 aliphatic rings. The highest BCUT2D eigenvalue weighted by molar-refractivity contribution is 5.95. The van der Waals surface area contributed by atoms with Crippen LogP contribution in [0.2, 0.25) is 0 Å². The first-order valence-corrected chi connectivity index (χ1v) is 21.3. The van der Waals surface area contributed by atoms with E-state index in [1.807, 2.05) is 72.3 Å². The van der Waals surface area contributed by atoms with Gasteiger partial charge in [0.25, 0.3) is 0 Å². The molecule has 0 radical (unpaired) electrons. The van der Waals surface area contributed by atoms with Gasteiger partial charge in [-0.2, -0.15) is 17.9 Å². The molecule has 3 aromatic carbocycles. The van der Waals surface area contributed by atoms with Crippen molar-refractivity contribution in [3.63, 3.8) is 0 Å². The third-order valence-corrected chi connectivity index (χ3v) is 10.6. The number of halogens is 3. The molecule has 0 atom stereocenters. The van der Waals surface area contributed by atoms with Crippen LogP contribution in [0.1, 0.15) is 36.1 Å². The monoisotopic (exact) mass is 905 g/mol. The molecule has 0 unspecified atom stereocenters. The van der Waals surface area contributed by atoms with Gasteiger partial charge in [-0.15, -0.1) is 5.48 Å². The Hall–Kier alpha value is -6.44. The van der Waals surface area contributed by atoms with E-state index in [1.54, 1.807) is 48.8 Å². The summed E-state index contributed by atoms with van der Waals surface area (Å²) < 4.78 is 57.7. The van der Waals surface area contributed by atoms with Gasteiger partial charge in [0.05, 0.1) is 11.7 Å². The summed E-state index contributed by atoms with van der Waals surface area (Å²) in [5, 5.41) is 4.80. The molecular formula is C46H58F3N9O7. The van der Waals surface area contributed by atoms with Gasteiger partial charge < -0.3 is 49.1 Å². The van der Waals surface area contributed by atoms with E-state index in [9.17, 15) is 27.6 Å². The summed E-state index contributed by atoms with van der Waals surface area (Å²) in [6, 6.07) is 14.0. The lowest BCUT2D eigenvalue weighted by Crippen LogP contribution is -2.37. The minimum Gasteiger partial charge on any atom is -0.410 e. The number of likely N-dealkylation sites (N-methyl/N-ethyl adjacent to an activating group) is 3. The second kappa shape index (κ2) is 21.0. The first kappa shape index (κ1) is 48.0. The Kier molecular flexibility index (Phi) is 15.5. The number of benzene rings is 3. The summed E-state index contributed by atoms with van der Waals surface area (Å²) in [5.41, 5.74) is 7.84. The number of aromatic amines is 2. The number of carbonyl (C=O) groups is 3. The van der Waals surface area contributed by atoms with Crippen LogP contribution in [-0.4, -0.2) is 134 Å². The number of rotatable bonds is 19. The number of nitrogens with zero attached hydrogens (tertiary/aromatic N) is 5. The molecule has 3 heterocycles. The van der Waals surface area contributed by atoms with Gasteiger partial charge in [-0.3, -0.25) is 4.94 Å². The number of amides is 3. The van der Waals surface area contributed by atoms with Crippen molar-refractivity contribution in [3.8, 4) is 17.2 Å². The van der Waals surface area contributed by atoms with Crippen LogP contribution in [-0.2, 0) is 25.8 Å². The zero-order valence-corrected chi connectivity index (χ0v) is 38.0. The second-order valence-corrected chi connectivity index (χ2v) is 17.1. The molecule has 0 aliphatic carbocycles. The van der Waals surface area contributed by atoms with Crippen LogP contribution in [0.4, 0.5) is 27.6 Å². The lowest BCUT2D eigenvalue weighted by molar-refractivity contribution is -0.139. The van der Waals surface area contributed by atoms with Crippen molar-refractivity contribution < 1.29 is 46.7 Å². The number of carbonyl (C=O) groups excluding carboxylic acids is 3. The van der Waals surface area contributed by atoms with Gasteiger partial charge in [0, 0.05) is 79.4 Å². The lowest BCUT2D eigenvalue weighted by Gasteiger charge is -2.20. The van der Waals surface area contributed by atoms with Crippen LogP contribution in [0.5, 0.6) is 17.2 Å². The van der Waals surface area contributed by atoms with Crippen LogP contribution < -0.4 is 29.9 Å². The van der Waals surface area contributed by atoms with E-state index in [0.29, 0.717) is 77.2 Å². The van der Waals surface area contributed by atoms with Crippen molar-refractivity contribution in [3.05, 3.63) is 89.4 Å². The summed E-state index contributed by atoms with van der Waals surface area (Å²) >= 11 is 0. The predicted molar refractivity (Wildman–Crippen MR) is 242 cm³/mol. The van der Waals surface area contributed by atoms with Gasteiger partial charge in [0.15, 0.2) is 0 Å². The van der Waals surface area contributed by atoms with Gasteiger partial charge in [0.1, 0.15) is 23.8 Å². The van der Waals surface area contributed by atoms with E-state index in [0.717, 1.165) is 53.2 Å². The quantitative estimate of drug-likeness (QED) is 0.0605. The van der Waals surface area contributed by atoms with E-state index >= 15 is 0 Å². The number of hydrogen-bond donors (Lipinski definition) is 4. The van der Waals surface area contributed by atoms with E-state index < -0.39 is 31.0 Å². The average molecular weight is 906 g/mol. The minimum atomic E-state index is -4.58. The average Bonchev–Trinajstić information content (AvgIpc) is 3.96. The van der Waals surface area contributed by atoms with Gasteiger partial charge in [0.2, 0.25) is 0 Å². The molecule has 0 aliphatic heterocycles. The second-order valence-electron chi connectivity index (χ2n) is 17.1. The van der Waals surface area contributed by atoms with E-state index in [4.69, 9.17) is 19.1 Å². The molecule has 16 nitrogen and oxygen atoms in total. The molecule has 0 fully saturated rings. The van der Waals surface area contributed by atoms with Crippen molar-refractivity contribution in [1.82, 2.24) is 45.1 Å². The fourth-order valence-corrected chi connectivity index (χ4v) is 7.43. The molecule has 350 valence electrons. The molecule has 19 heteroatoms. The maximum absolute atomic E-state index is 13.5. The normalized spacial score (nSPS) is 12.0. The highest BCUT2D eigenvalue weighted by Crippen LogP contribution is 2.35. The summed E-state index contributed by atoms with van der Waals surface area (Å²) in [6.45, 7) is 5.22. The highest BCUT2D eigenvalue weighted by Gasteiger charge is 2.32. The minimum absolute atomic E-state index is 0.135. The van der Waals surface area contributed by atoms with E-state index in [-0.39, 0.29) is 11.7 Å². The molecule has 0 spiro atoms. The summed E-state index contributed by atoms with van der Waals surface area (Å²) in [4.78, 5) is 58.3. The SMILES string of the molecule is CC(C)CNC(=O)Oc1ccc(CN(C)CCc2c[nH]c3cccc(OC(=O)N(C)CC(F)(F)F)c23)c2c1c(CCN(C)C)cn2ONC(=O)Oc1cccc2[nH]cc(CCN(C)C)c12. The molecule has 3 aromatic heterocycles. The number of alkyl halides is 3. The first-order valence-electron chi connectivity index (χ1n) is 21.3. The fraction of sp³-hybridized carbons (Fsp3) is 0.413. The van der Waals surface area contributed by atoms with Gasteiger partial charge in [-0.25, -0.2) is 14.4 Å². The summed E-state index contributed by atoms with van der Waals surface area (Å²) in [7, 11) is 10.8. The van der Waals surface area contributed by atoms with E-state index in [1.165, 1.54) is 4.73 Å². The Labute approximate surface area is 375 Å². The molecule has 4 N–H and O–H groups in total. The van der Waals surface area contributed by atoms with Crippen LogP contribution in [0, 0.1) is 5.92 Å². The molecule has 6 rings (SSSR count). The van der Waals surface area contributed by atoms with Crippen molar-refractivity contribution >= 4 is 51.0 Å². The van der Waals surface area contributed by atoms with Crippen LogP contribution in [0.25, 0.3) is 32.7 Å². The van der Waals surface area contributed by atoms with Crippen molar-refractivity contribution in [2.24, 2.45) is 5.92 Å². The maximum Gasteiger partial charge on any atom is 0.448 e. The van der Waals surface area contributed by atoms with Gasteiger partial charge in [-0.1, -0.05) is 32.0 Å². The predicted octanol–water partition coefficient (Wildman–Crippen LogP) is 7.36. The zero-order chi connectivity index (χ0) is 47.0. The first-order chi connectivity index (χ1) is 30.9. The van der Waals surface area contributed by atoms with Crippen LogP contribution >= 0.6 is 0 Å². The maximum atomic E-state index is 13.5. The number of fused-ring (bicyclic) bond motifs is 3. The Balaban J connectivity index is 1.28. The largest absolute Gasteiger partial charge is 0.448 e. The molecular weight excluding hydrogens is 848 g/mol. The van der Waals surface area contributed by atoms with Crippen LogP contribution in [0.3, 0.4) is 0 Å². The summed E-state index contributed by atoms with van der Waals surface area (Å²) in [6.07, 6.45) is 0.0108. The number of H-pyrrole nitrogens is 2. The van der Waals surface area contributed by atoms with Crippen molar-refractivity contribution in [2.45, 2.75) is 45.8 Å². The highest BCUT2D eigenvalue weighted by atomic mass is 19.4. The molecule has 3 amide bonds. The number of ether oxygens (including phenoxy) is 3. The van der Waals surface area contributed by atoms with Gasteiger partial charge >= 0.3 is 24.5 Å². The molecule has 0 saturated carbocycles. The zero-order valence-electron chi connectivity index (χ0n) is 38.0. The topological polar surface area (TPSA) is 162 Å².